The van der Waals surface area contributed by atoms with Crippen molar-refractivity contribution in [2.24, 2.45) is 0 Å². The maximum absolute atomic E-state index is 14.0. The molecule has 6 nitrogen and oxygen atoms in total. The summed E-state index contributed by atoms with van der Waals surface area (Å²) in [6.45, 7) is 3.40. The highest BCUT2D eigenvalue weighted by atomic mass is 35.5. The highest BCUT2D eigenvalue weighted by Crippen LogP contribution is 2.38. The van der Waals surface area contributed by atoms with Crippen LogP contribution in [0.5, 0.6) is 0 Å². The lowest BCUT2D eigenvalue weighted by Gasteiger charge is -2.38. The quantitative estimate of drug-likeness (QED) is 0.494. The van der Waals surface area contributed by atoms with Gasteiger partial charge in [0.1, 0.15) is 5.82 Å². The zero-order chi connectivity index (χ0) is 25.1. The number of piperazine rings is 1. The van der Waals surface area contributed by atoms with Gasteiger partial charge in [-0.15, -0.1) is 11.3 Å². The van der Waals surface area contributed by atoms with Crippen LogP contribution in [0.4, 0.5) is 14.9 Å². The minimum atomic E-state index is -0.247. The summed E-state index contributed by atoms with van der Waals surface area (Å²) < 4.78 is 14.0. The van der Waals surface area contributed by atoms with E-state index in [2.05, 4.69) is 21.7 Å². The third-order valence-electron chi connectivity index (χ3n) is 6.84. The molecule has 1 N–H and O–H groups in total. The number of benzene rings is 2. The number of halogens is 2. The van der Waals surface area contributed by atoms with Crippen LogP contribution in [-0.2, 0) is 11.2 Å². The zero-order valence-corrected chi connectivity index (χ0v) is 21.4. The fourth-order valence-corrected chi connectivity index (χ4v) is 6.10. The monoisotopic (exact) mass is 526 g/mol. The van der Waals surface area contributed by atoms with E-state index in [4.69, 9.17) is 11.6 Å². The predicted molar refractivity (Wildman–Crippen MR) is 141 cm³/mol. The number of thiophene rings is 1. The fraction of sp³-hybridized carbons (Fsp3) is 0.333. The van der Waals surface area contributed by atoms with Crippen LogP contribution in [0.3, 0.4) is 0 Å². The molecule has 1 fully saturated rings. The SMILES string of the molecule is O=C(CCN1CCc2sccc2C1c1cccc(F)c1)N1CCN(C(=O)Nc2cccc(Cl)c2)CC1. The van der Waals surface area contributed by atoms with Crippen molar-refractivity contribution < 1.29 is 14.0 Å². The van der Waals surface area contributed by atoms with E-state index in [1.807, 2.05) is 11.0 Å². The van der Waals surface area contributed by atoms with Crippen molar-refractivity contribution in [2.75, 3.05) is 44.6 Å². The molecule has 2 aliphatic heterocycles. The Hall–Kier alpha value is -2.94. The molecule has 0 aliphatic carbocycles. The van der Waals surface area contributed by atoms with Crippen LogP contribution >= 0.6 is 22.9 Å². The van der Waals surface area contributed by atoms with Gasteiger partial charge in [-0.25, -0.2) is 9.18 Å². The highest BCUT2D eigenvalue weighted by molar-refractivity contribution is 7.10. The van der Waals surface area contributed by atoms with Crippen LogP contribution in [0.15, 0.2) is 60.0 Å². The van der Waals surface area contributed by atoms with Crippen molar-refractivity contribution in [3.8, 4) is 0 Å². The van der Waals surface area contributed by atoms with Crippen LogP contribution < -0.4 is 5.32 Å². The molecule has 36 heavy (non-hydrogen) atoms. The van der Waals surface area contributed by atoms with Crippen molar-refractivity contribution in [3.05, 3.63) is 86.8 Å². The molecule has 9 heteroatoms. The Balaban J connectivity index is 1.16. The topological polar surface area (TPSA) is 55.9 Å². The Bertz CT molecular complexity index is 1240. The van der Waals surface area contributed by atoms with Gasteiger partial charge in [0.05, 0.1) is 6.04 Å². The molecule has 1 unspecified atom stereocenters. The Morgan fingerprint density at radius 1 is 1.00 bits per heavy atom. The molecule has 3 amide bonds. The minimum Gasteiger partial charge on any atom is -0.339 e. The average molecular weight is 527 g/mol. The number of nitrogens with zero attached hydrogens (tertiary/aromatic N) is 3. The number of carbonyl (C=O) groups excluding carboxylic acids is 2. The summed E-state index contributed by atoms with van der Waals surface area (Å²) in [5.74, 6) is -0.165. The summed E-state index contributed by atoms with van der Waals surface area (Å²) in [5, 5.41) is 5.51. The molecular formula is C27H28ClFN4O2S. The van der Waals surface area contributed by atoms with Crippen molar-refractivity contribution in [1.82, 2.24) is 14.7 Å². The second-order valence-electron chi connectivity index (χ2n) is 9.10. The summed E-state index contributed by atoms with van der Waals surface area (Å²) in [6.07, 6.45) is 1.33. The molecule has 0 saturated carbocycles. The van der Waals surface area contributed by atoms with Gasteiger partial charge in [0.15, 0.2) is 0 Å². The van der Waals surface area contributed by atoms with Crippen LogP contribution in [0.1, 0.15) is 28.5 Å². The van der Waals surface area contributed by atoms with E-state index in [-0.39, 0.29) is 23.8 Å². The number of fused-ring (bicyclic) bond motifs is 1. The van der Waals surface area contributed by atoms with Gasteiger partial charge in [-0.05, 0) is 59.3 Å². The summed E-state index contributed by atoms with van der Waals surface area (Å²) in [4.78, 5) is 32.8. The molecule has 0 bridgehead atoms. The van der Waals surface area contributed by atoms with E-state index in [1.54, 1.807) is 52.6 Å². The normalized spacial score (nSPS) is 18.1. The van der Waals surface area contributed by atoms with Crippen molar-refractivity contribution in [1.29, 1.82) is 0 Å². The number of hydrogen-bond donors (Lipinski definition) is 1. The highest BCUT2D eigenvalue weighted by Gasteiger charge is 2.31. The average Bonchev–Trinajstić information content (AvgIpc) is 3.36. The first-order valence-corrected chi connectivity index (χ1v) is 13.4. The Morgan fingerprint density at radius 2 is 1.78 bits per heavy atom. The minimum absolute atomic E-state index is 0.0458. The van der Waals surface area contributed by atoms with Gasteiger partial charge < -0.3 is 15.1 Å². The molecule has 2 aromatic carbocycles. The lowest BCUT2D eigenvalue weighted by atomic mass is 9.93. The maximum Gasteiger partial charge on any atom is 0.321 e. The molecule has 188 valence electrons. The second-order valence-corrected chi connectivity index (χ2v) is 10.5. The molecule has 2 aliphatic rings. The number of urea groups is 1. The van der Waals surface area contributed by atoms with E-state index in [9.17, 15) is 14.0 Å². The first-order chi connectivity index (χ1) is 17.5. The molecule has 5 rings (SSSR count). The first kappa shape index (κ1) is 24.7. The number of amides is 3. The fourth-order valence-electron chi connectivity index (χ4n) is 5.00. The first-order valence-electron chi connectivity index (χ1n) is 12.1. The summed E-state index contributed by atoms with van der Waals surface area (Å²) in [6, 6.07) is 15.7. The number of carbonyl (C=O) groups is 2. The van der Waals surface area contributed by atoms with Gasteiger partial charge in [-0.1, -0.05) is 29.8 Å². The van der Waals surface area contributed by atoms with Gasteiger partial charge in [0.25, 0.3) is 0 Å². The van der Waals surface area contributed by atoms with Gasteiger partial charge in [-0.3, -0.25) is 9.69 Å². The molecular weight excluding hydrogens is 499 g/mol. The maximum atomic E-state index is 14.0. The standard InChI is InChI=1S/C27H28ClFN4O2S/c28-20-4-2-6-22(18-20)30-27(35)33-14-12-31(13-15-33)25(34)8-11-32-10-7-24-23(9-16-36-24)26(32)19-3-1-5-21(29)17-19/h1-6,9,16-18,26H,7-8,10-15H2,(H,30,35). The van der Waals surface area contributed by atoms with E-state index in [1.165, 1.54) is 16.5 Å². The number of anilines is 1. The van der Waals surface area contributed by atoms with Crippen LogP contribution in [0.25, 0.3) is 0 Å². The second kappa shape index (κ2) is 11.0. The van der Waals surface area contributed by atoms with E-state index in [0.29, 0.717) is 49.9 Å². The largest absolute Gasteiger partial charge is 0.339 e. The Labute approximate surface area is 219 Å². The van der Waals surface area contributed by atoms with Crippen molar-refractivity contribution in [2.45, 2.75) is 18.9 Å². The van der Waals surface area contributed by atoms with Gasteiger partial charge in [0.2, 0.25) is 5.91 Å². The van der Waals surface area contributed by atoms with Crippen LogP contribution in [0.2, 0.25) is 5.02 Å². The Kier molecular flexibility index (Phi) is 7.55. The molecule has 0 spiro atoms. The molecule has 1 saturated heterocycles. The number of hydrogen-bond acceptors (Lipinski definition) is 4. The van der Waals surface area contributed by atoms with Gasteiger partial charge in [-0.2, -0.15) is 0 Å². The van der Waals surface area contributed by atoms with E-state index >= 15 is 0 Å². The molecule has 3 heterocycles. The lowest BCUT2D eigenvalue weighted by molar-refractivity contribution is -0.133. The van der Waals surface area contributed by atoms with Crippen molar-refractivity contribution in [3.63, 3.8) is 0 Å². The van der Waals surface area contributed by atoms with Crippen molar-refractivity contribution >= 4 is 40.6 Å². The third-order valence-corrected chi connectivity index (χ3v) is 8.07. The van der Waals surface area contributed by atoms with E-state index in [0.717, 1.165) is 18.5 Å². The molecule has 3 aromatic rings. The Morgan fingerprint density at radius 3 is 2.56 bits per heavy atom. The summed E-state index contributed by atoms with van der Waals surface area (Å²) in [7, 11) is 0. The van der Waals surface area contributed by atoms with Crippen LogP contribution in [-0.4, -0.2) is 65.9 Å². The number of rotatable bonds is 5. The lowest BCUT2D eigenvalue weighted by Crippen LogP contribution is -2.52. The number of nitrogens with one attached hydrogen (secondary N) is 1. The van der Waals surface area contributed by atoms with Gasteiger partial charge in [0, 0.05) is 61.3 Å². The summed E-state index contributed by atoms with van der Waals surface area (Å²) in [5.41, 5.74) is 2.78. The predicted octanol–water partition coefficient (Wildman–Crippen LogP) is 5.25. The molecule has 1 atom stereocenters. The smallest absolute Gasteiger partial charge is 0.321 e. The van der Waals surface area contributed by atoms with Crippen LogP contribution in [0, 0.1) is 5.82 Å². The third kappa shape index (κ3) is 5.56. The van der Waals surface area contributed by atoms with E-state index < -0.39 is 0 Å². The summed E-state index contributed by atoms with van der Waals surface area (Å²) >= 11 is 7.74. The zero-order valence-electron chi connectivity index (χ0n) is 19.8. The molecule has 0 radical (unpaired) electrons. The molecule has 1 aromatic heterocycles. The van der Waals surface area contributed by atoms with Gasteiger partial charge >= 0.3 is 6.03 Å².